The van der Waals surface area contributed by atoms with Crippen molar-refractivity contribution in [2.24, 2.45) is 0 Å². The summed E-state index contributed by atoms with van der Waals surface area (Å²) in [6.07, 6.45) is 11.4. The van der Waals surface area contributed by atoms with E-state index in [0.717, 1.165) is 32.2 Å². The van der Waals surface area contributed by atoms with Crippen molar-refractivity contribution in [2.75, 3.05) is 6.54 Å². The van der Waals surface area contributed by atoms with Crippen LogP contribution in [0.5, 0.6) is 0 Å². The van der Waals surface area contributed by atoms with Crippen LogP contribution in [-0.4, -0.2) is 35.5 Å². The first kappa shape index (κ1) is 12.4. The van der Waals surface area contributed by atoms with Crippen LogP contribution in [0.25, 0.3) is 0 Å². The van der Waals surface area contributed by atoms with Gasteiger partial charge in [0, 0.05) is 37.5 Å². The Kier molecular flexibility index (Phi) is 4.06. The number of carbonyl (C=O) groups excluding carboxylic acids is 1. The van der Waals surface area contributed by atoms with Crippen LogP contribution >= 0.6 is 0 Å². The van der Waals surface area contributed by atoms with Crippen molar-refractivity contribution < 1.29 is 4.79 Å². The van der Waals surface area contributed by atoms with Crippen molar-refractivity contribution in [2.45, 2.75) is 63.6 Å². The van der Waals surface area contributed by atoms with Gasteiger partial charge in [0.2, 0.25) is 5.91 Å². The van der Waals surface area contributed by atoms with E-state index in [9.17, 15) is 4.79 Å². The Hall–Kier alpha value is -1.01. The molecule has 3 unspecified atom stereocenters. The lowest BCUT2D eigenvalue weighted by molar-refractivity contribution is -0.129. The Bertz CT molecular complexity index is 321. The molecule has 0 aromatic rings. The van der Waals surface area contributed by atoms with E-state index in [1.807, 2.05) is 0 Å². The molecule has 3 nitrogen and oxygen atoms in total. The third-order valence-corrected chi connectivity index (χ3v) is 4.04. The fourth-order valence-corrected chi connectivity index (χ4v) is 3.06. The van der Waals surface area contributed by atoms with E-state index in [1.54, 1.807) is 0 Å². The highest BCUT2D eigenvalue weighted by Gasteiger charge is 2.40. The zero-order valence-electron chi connectivity index (χ0n) is 10.6. The highest BCUT2D eigenvalue weighted by molar-refractivity contribution is 5.80. The second-order valence-electron chi connectivity index (χ2n) is 5.14. The van der Waals surface area contributed by atoms with Gasteiger partial charge in [-0.3, -0.25) is 4.79 Å². The zero-order valence-corrected chi connectivity index (χ0v) is 10.6. The van der Waals surface area contributed by atoms with Crippen LogP contribution in [0.3, 0.4) is 0 Å². The number of rotatable bonds is 4. The van der Waals surface area contributed by atoms with Crippen LogP contribution in [0.4, 0.5) is 0 Å². The Morgan fingerprint density at radius 1 is 1.59 bits per heavy atom. The molecular weight excluding hydrogens is 212 g/mol. The van der Waals surface area contributed by atoms with Crippen molar-refractivity contribution in [3.05, 3.63) is 0 Å². The molecule has 17 heavy (non-hydrogen) atoms. The lowest BCUT2D eigenvalue weighted by Crippen LogP contribution is -2.48. The largest absolute Gasteiger partial charge is 0.338 e. The molecule has 0 radical (unpaired) electrons. The third-order valence-electron chi connectivity index (χ3n) is 4.04. The van der Waals surface area contributed by atoms with Crippen LogP contribution in [0.1, 0.15) is 45.4 Å². The molecule has 1 N–H and O–H groups in total. The maximum atomic E-state index is 11.9. The molecule has 94 valence electrons. The third kappa shape index (κ3) is 2.63. The zero-order chi connectivity index (χ0) is 12.3. The van der Waals surface area contributed by atoms with Gasteiger partial charge in [0.1, 0.15) is 0 Å². The molecule has 0 aromatic heterocycles. The van der Waals surface area contributed by atoms with E-state index in [2.05, 4.69) is 23.1 Å². The molecule has 0 spiro atoms. The number of carbonyl (C=O) groups is 1. The van der Waals surface area contributed by atoms with Crippen molar-refractivity contribution in [1.29, 1.82) is 0 Å². The molecule has 2 aliphatic heterocycles. The summed E-state index contributed by atoms with van der Waals surface area (Å²) in [5, 5.41) is 3.59. The van der Waals surface area contributed by atoms with Gasteiger partial charge in [0.25, 0.3) is 0 Å². The number of nitrogens with one attached hydrogen (secondary N) is 1. The molecule has 3 heteroatoms. The maximum Gasteiger partial charge on any atom is 0.224 e. The number of terminal acetylenes is 1. The van der Waals surface area contributed by atoms with Crippen LogP contribution in [0.15, 0.2) is 0 Å². The summed E-state index contributed by atoms with van der Waals surface area (Å²) >= 11 is 0. The van der Waals surface area contributed by atoms with Gasteiger partial charge < -0.3 is 10.2 Å². The van der Waals surface area contributed by atoms with Crippen LogP contribution in [-0.2, 0) is 4.79 Å². The lowest BCUT2D eigenvalue weighted by Gasteiger charge is -2.34. The highest BCUT2D eigenvalue weighted by atomic mass is 16.2. The number of hydrogen-bond acceptors (Lipinski definition) is 2. The number of hydrogen-bond donors (Lipinski definition) is 1. The van der Waals surface area contributed by atoms with E-state index in [-0.39, 0.29) is 0 Å². The first-order chi connectivity index (χ1) is 8.26. The minimum atomic E-state index is 0.320. The predicted molar refractivity (Wildman–Crippen MR) is 68.4 cm³/mol. The quantitative estimate of drug-likeness (QED) is 0.748. The summed E-state index contributed by atoms with van der Waals surface area (Å²) in [6, 6.07) is 1.10. The molecule has 2 heterocycles. The molecule has 2 aliphatic rings. The normalized spacial score (nSPS) is 29.9. The summed E-state index contributed by atoms with van der Waals surface area (Å²) in [5.74, 6) is 3.04. The van der Waals surface area contributed by atoms with Gasteiger partial charge in [-0.25, -0.2) is 0 Å². The molecule has 0 aromatic carbocycles. The molecule has 2 rings (SSSR count). The summed E-state index contributed by atoms with van der Waals surface area (Å²) in [7, 11) is 0. The highest BCUT2D eigenvalue weighted by Crippen LogP contribution is 2.28. The minimum absolute atomic E-state index is 0.320. The van der Waals surface area contributed by atoms with Crippen LogP contribution in [0, 0.1) is 12.3 Å². The first-order valence-corrected chi connectivity index (χ1v) is 6.75. The van der Waals surface area contributed by atoms with Gasteiger partial charge in [-0.05, 0) is 25.7 Å². The van der Waals surface area contributed by atoms with Gasteiger partial charge in [-0.1, -0.05) is 6.92 Å². The first-order valence-electron chi connectivity index (χ1n) is 6.75. The van der Waals surface area contributed by atoms with Crippen molar-refractivity contribution >= 4 is 5.91 Å². The molecule has 1 amide bonds. The summed E-state index contributed by atoms with van der Waals surface area (Å²) in [6.45, 7) is 3.10. The number of amides is 1. The fourth-order valence-electron chi connectivity index (χ4n) is 3.06. The second-order valence-corrected chi connectivity index (χ2v) is 5.14. The number of piperidine rings is 1. The van der Waals surface area contributed by atoms with Crippen LogP contribution in [0.2, 0.25) is 0 Å². The number of fused-ring (bicyclic) bond motifs is 1. The average Bonchev–Trinajstić information content (AvgIpc) is 2.66. The summed E-state index contributed by atoms with van der Waals surface area (Å²) in [4.78, 5) is 14.0. The molecule has 0 bridgehead atoms. The van der Waals surface area contributed by atoms with E-state index < -0.39 is 0 Å². The second kappa shape index (κ2) is 5.55. The van der Waals surface area contributed by atoms with E-state index in [4.69, 9.17) is 6.42 Å². The van der Waals surface area contributed by atoms with Gasteiger partial charge in [0.15, 0.2) is 0 Å². The molecule has 2 fully saturated rings. The van der Waals surface area contributed by atoms with E-state index in [0.29, 0.717) is 30.5 Å². The summed E-state index contributed by atoms with van der Waals surface area (Å²) in [5.41, 5.74) is 0. The SMILES string of the molecule is C#CCC(CC)NC1CC(=O)N2CCCCC12. The van der Waals surface area contributed by atoms with E-state index >= 15 is 0 Å². The predicted octanol–water partition coefficient (Wildman–Crippen LogP) is 1.53. The molecular formula is C14H22N2O. The lowest BCUT2D eigenvalue weighted by atomic mass is 9.97. The van der Waals surface area contributed by atoms with Crippen LogP contribution < -0.4 is 5.32 Å². The topological polar surface area (TPSA) is 32.3 Å². The molecule has 3 atom stereocenters. The molecule has 0 aliphatic carbocycles. The molecule has 2 saturated heterocycles. The van der Waals surface area contributed by atoms with Gasteiger partial charge in [-0.2, -0.15) is 0 Å². The van der Waals surface area contributed by atoms with Crippen molar-refractivity contribution in [3.8, 4) is 12.3 Å². The minimum Gasteiger partial charge on any atom is -0.338 e. The standard InChI is InChI=1S/C14H22N2O/c1-3-7-11(4-2)15-12-10-14(17)16-9-6-5-8-13(12)16/h1,11-13,15H,4-10H2,2H3. The summed E-state index contributed by atoms with van der Waals surface area (Å²) < 4.78 is 0. The Morgan fingerprint density at radius 2 is 2.41 bits per heavy atom. The van der Waals surface area contributed by atoms with Gasteiger partial charge in [-0.15, -0.1) is 12.3 Å². The number of nitrogens with zero attached hydrogens (tertiary/aromatic N) is 1. The Labute approximate surface area is 104 Å². The fraction of sp³-hybridized carbons (Fsp3) is 0.786. The average molecular weight is 234 g/mol. The van der Waals surface area contributed by atoms with Crippen molar-refractivity contribution in [3.63, 3.8) is 0 Å². The Balaban J connectivity index is 1.97. The van der Waals surface area contributed by atoms with Crippen molar-refractivity contribution in [1.82, 2.24) is 10.2 Å². The monoisotopic (exact) mass is 234 g/mol. The smallest absolute Gasteiger partial charge is 0.224 e. The van der Waals surface area contributed by atoms with Gasteiger partial charge >= 0.3 is 0 Å². The Morgan fingerprint density at radius 3 is 3.12 bits per heavy atom. The van der Waals surface area contributed by atoms with Gasteiger partial charge in [0.05, 0.1) is 0 Å². The maximum absolute atomic E-state index is 11.9. The van der Waals surface area contributed by atoms with E-state index in [1.165, 1.54) is 6.42 Å². The molecule has 0 saturated carbocycles.